The molecule has 1 aromatic heterocycles. The molecule has 2 atom stereocenters. The first-order chi connectivity index (χ1) is 7.61. The molecule has 0 spiro atoms. The average molecular weight is 218 g/mol. The van der Waals surface area contributed by atoms with Crippen LogP contribution in [0, 0.1) is 5.82 Å². The van der Waals surface area contributed by atoms with Crippen molar-refractivity contribution in [1.29, 1.82) is 0 Å². The SMILES string of the molecule is CC1[C@H](N)c2c(F)ccc3ccc(=O)n1c23. The summed E-state index contributed by atoms with van der Waals surface area (Å²) < 4.78 is 15.3. The second-order valence-corrected chi connectivity index (χ2v) is 4.21. The van der Waals surface area contributed by atoms with Crippen molar-refractivity contribution in [1.82, 2.24) is 4.57 Å². The molecule has 2 heterocycles. The highest BCUT2D eigenvalue weighted by Gasteiger charge is 2.31. The summed E-state index contributed by atoms with van der Waals surface area (Å²) in [5.41, 5.74) is 6.94. The van der Waals surface area contributed by atoms with Crippen molar-refractivity contribution in [3.8, 4) is 0 Å². The molecular formula is C12H11FN2O. The molecule has 1 unspecified atom stereocenters. The lowest BCUT2D eigenvalue weighted by atomic mass is 10.0. The van der Waals surface area contributed by atoms with Crippen molar-refractivity contribution in [3.63, 3.8) is 0 Å². The summed E-state index contributed by atoms with van der Waals surface area (Å²) >= 11 is 0. The van der Waals surface area contributed by atoms with Crippen LogP contribution in [0.5, 0.6) is 0 Å². The first-order valence-corrected chi connectivity index (χ1v) is 5.20. The molecule has 82 valence electrons. The van der Waals surface area contributed by atoms with E-state index >= 15 is 0 Å². The monoisotopic (exact) mass is 218 g/mol. The van der Waals surface area contributed by atoms with Crippen molar-refractivity contribution in [3.05, 3.63) is 46.0 Å². The topological polar surface area (TPSA) is 48.0 Å². The molecule has 2 N–H and O–H groups in total. The van der Waals surface area contributed by atoms with Crippen LogP contribution in [-0.4, -0.2) is 4.57 Å². The summed E-state index contributed by atoms with van der Waals surface area (Å²) in [6.07, 6.45) is 0. The maximum Gasteiger partial charge on any atom is 0.251 e. The molecule has 0 saturated carbocycles. The molecule has 4 heteroatoms. The Morgan fingerprint density at radius 2 is 2.00 bits per heavy atom. The van der Waals surface area contributed by atoms with E-state index in [0.717, 1.165) is 5.39 Å². The summed E-state index contributed by atoms with van der Waals surface area (Å²) in [5.74, 6) is -0.330. The minimum Gasteiger partial charge on any atom is -0.322 e. The van der Waals surface area contributed by atoms with Crippen molar-refractivity contribution >= 4 is 10.9 Å². The largest absolute Gasteiger partial charge is 0.322 e. The number of nitrogens with zero attached hydrogens (tertiary/aromatic N) is 1. The van der Waals surface area contributed by atoms with E-state index in [2.05, 4.69) is 0 Å². The molecule has 3 rings (SSSR count). The van der Waals surface area contributed by atoms with Gasteiger partial charge in [-0.05, 0) is 30.5 Å². The van der Waals surface area contributed by atoms with Gasteiger partial charge in [0.2, 0.25) is 0 Å². The number of halogens is 1. The number of benzene rings is 1. The smallest absolute Gasteiger partial charge is 0.251 e. The lowest BCUT2D eigenvalue weighted by Gasteiger charge is -2.12. The van der Waals surface area contributed by atoms with Crippen molar-refractivity contribution < 1.29 is 4.39 Å². The summed E-state index contributed by atoms with van der Waals surface area (Å²) in [6, 6.07) is 5.65. The van der Waals surface area contributed by atoms with Gasteiger partial charge in [0, 0.05) is 11.6 Å². The maximum absolute atomic E-state index is 13.7. The molecule has 0 radical (unpaired) electrons. The Kier molecular flexibility index (Phi) is 1.74. The van der Waals surface area contributed by atoms with E-state index in [1.54, 1.807) is 16.7 Å². The minimum atomic E-state index is -0.446. The highest BCUT2D eigenvalue weighted by Crippen LogP contribution is 2.38. The normalized spacial score (nSPS) is 22.9. The fraction of sp³-hybridized carbons (Fsp3) is 0.250. The predicted octanol–water partition coefficient (Wildman–Crippen LogP) is 1.72. The number of rotatable bonds is 0. The Balaban J connectivity index is 2.59. The molecule has 2 aromatic rings. The van der Waals surface area contributed by atoms with Crippen LogP contribution in [0.2, 0.25) is 0 Å². The minimum absolute atomic E-state index is 0.125. The Labute approximate surface area is 91.3 Å². The predicted molar refractivity (Wildman–Crippen MR) is 59.8 cm³/mol. The first-order valence-electron chi connectivity index (χ1n) is 5.20. The quantitative estimate of drug-likeness (QED) is 0.731. The summed E-state index contributed by atoms with van der Waals surface area (Å²) in [4.78, 5) is 11.7. The third-order valence-corrected chi connectivity index (χ3v) is 3.34. The highest BCUT2D eigenvalue weighted by atomic mass is 19.1. The molecular weight excluding hydrogens is 207 g/mol. The average Bonchev–Trinajstić information content (AvgIpc) is 2.53. The van der Waals surface area contributed by atoms with E-state index in [1.807, 2.05) is 6.92 Å². The summed E-state index contributed by atoms with van der Waals surface area (Å²) in [6.45, 7) is 1.84. The Hall–Kier alpha value is -1.68. The summed E-state index contributed by atoms with van der Waals surface area (Å²) in [5, 5.41) is 0.857. The molecule has 0 aliphatic carbocycles. The number of hydrogen-bond acceptors (Lipinski definition) is 2. The standard InChI is InChI=1S/C12H11FN2O/c1-6-11(14)10-8(13)4-2-7-3-5-9(16)15(6)12(7)10/h2-6,11H,14H2,1H3/t6?,11-/m0/s1. The van der Waals surface area contributed by atoms with Gasteiger partial charge in [-0.2, -0.15) is 0 Å². The van der Waals surface area contributed by atoms with E-state index in [4.69, 9.17) is 5.73 Å². The molecule has 0 saturated heterocycles. The fourth-order valence-electron chi connectivity index (χ4n) is 2.48. The van der Waals surface area contributed by atoms with E-state index < -0.39 is 6.04 Å². The van der Waals surface area contributed by atoms with Gasteiger partial charge in [0.25, 0.3) is 5.56 Å². The molecule has 1 aliphatic heterocycles. The van der Waals surface area contributed by atoms with Gasteiger partial charge in [-0.1, -0.05) is 0 Å². The molecule has 0 bridgehead atoms. The van der Waals surface area contributed by atoms with Gasteiger partial charge < -0.3 is 10.3 Å². The van der Waals surface area contributed by atoms with Crippen molar-refractivity contribution in [2.24, 2.45) is 5.73 Å². The van der Waals surface area contributed by atoms with Gasteiger partial charge in [-0.3, -0.25) is 4.79 Å². The van der Waals surface area contributed by atoms with Crippen LogP contribution in [0.15, 0.2) is 29.1 Å². The zero-order chi connectivity index (χ0) is 11.4. The third-order valence-electron chi connectivity index (χ3n) is 3.34. The molecule has 16 heavy (non-hydrogen) atoms. The fourth-order valence-corrected chi connectivity index (χ4v) is 2.48. The van der Waals surface area contributed by atoms with Gasteiger partial charge >= 0.3 is 0 Å². The molecule has 0 fully saturated rings. The zero-order valence-corrected chi connectivity index (χ0v) is 8.77. The van der Waals surface area contributed by atoms with Gasteiger partial charge in [-0.15, -0.1) is 0 Å². The highest BCUT2D eigenvalue weighted by molar-refractivity contribution is 5.84. The van der Waals surface area contributed by atoms with Crippen LogP contribution >= 0.6 is 0 Å². The molecule has 1 aromatic carbocycles. The second kappa shape index (κ2) is 2.92. The van der Waals surface area contributed by atoms with Gasteiger partial charge in [0.15, 0.2) is 0 Å². The number of pyridine rings is 1. The number of aromatic nitrogens is 1. The zero-order valence-electron chi connectivity index (χ0n) is 8.77. The van der Waals surface area contributed by atoms with Crippen LogP contribution < -0.4 is 11.3 Å². The van der Waals surface area contributed by atoms with Crippen LogP contribution in [0.3, 0.4) is 0 Å². The van der Waals surface area contributed by atoms with Gasteiger partial charge in [0.1, 0.15) is 5.82 Å². The van der Waals surface area contributed by atoms with Crippen LogP contribution in [0.4, 0.5) is 4.39 Å². The van der Waals surface area contributed by atoms with Gasteiger partial charge in [-0.25, -0.2) is 4.39 Å². The number of nitrogens with two attached hydrogens (primary N) is 1. The molecule has 3 nitrogen and oxygen atoms in total. The lowest BCUT2D eigenvalue weighted by Crippen LogP contribution is -2.24. The van der Waals surface area contributed by atoms with Crippen LogP contribution in [0.25, 0.3) is 10.9 Å². The van der Waals surface area contributed by atoms with Crippen molar-refractivity contribution in [2.75, 3.05) is 0 Å². The van der Waals surface area contributed by atoms with E-state index in [0.29, 0.717) is 11.1 Å². The Bertz CT molecular complexity index is 647. The summed E-state index contributed by atoms with van der Waals surface area (Å²) in [7, 11) is 0. The van der Waals surface area contributed by atoms with E-state index in [9.17, 15) is 9.18 Å². The second-order valence-electron chi connectivity index (χ2n) is 4.21. The molecule has 1 aliphatic rings. The molecule has 0 amide bonds. The van der Waals surface area contributed by atoms with Crippen LogP contribution in [-0.2, 0) is 0 Å². The first kappa shape index (κ1) is 9.54. The van der Waals surface area contributed by atoms with Crippen molar-refractivity contribution in [2.45, 2.75) is 19.0 Å². The lowest BCUT2D eigenvalue weighted by molar-refractivity contribution is 0.475. The Morgan fingerprint density at radius 3 is 2.75 bits per heavy atom. The Morgan fingerprint density at radius 1 is 1.31 bits per heavy atom. The van der Waals surface area contributed by atoms with Crippen LogP contribution in [0.1, 0.15) is 24.6 Å². The van der Waals surface area contributed by atoms with Gasteiger partial charge in [0.05, 0.1) is 17.6 Å². The van der Waals surface area contributed by atoms with E-state index in [-0.39, 0.29) is 17.4 Å². The van der Waals surface area contributed by atoms with E-state index in [1.165, 1.54) is 12.1 Å². The maximum atomic E-state index is 13.7. The number of hydrogen-bond donors (Lipinski definition) is 1. The third kappa shape index (κ3) is 0.971.